The Morgan fingerprint density at radius 1 is 1.35 bits per heavy atom. The average molecular weight is 237 g/mol. The summed E-state index contributed by atoms with van der Waals surface area (Å²) in [5.41, 5.74) is 1.02. The van der Waals surface area contributed by atoms with Crippen molar-refractivity contribution in [1.29, 1.82) is 0 Å². The molecule has 1 aromatic rings. The van der Waals surface area contributed by atoms with Crippen molar-refractivity contribution in [2.24, 2.45) is 0 Å². The molecule has 0 unspecified atom stereocenters. The topological polar surface area (TPSA) is 47.6 Å². The van der Waals surface area contributed by atoms with Gasteiger partial charge < -0.3 is 14.8 Å². The summed E-state index contributed by atoms with van der Waals surface area (Å²) >= 11 is 0. The fourth-order valence-electron chi connectivity index (χ4n) is 1.77. The van der Waals surface area contributed by atoms with Gasteiger partial charge in [0.25, 0.3) is 0 Å². The molecule has 1 N–H and O–H groups in total. The van der Waals surface area contributed by atoms with Crippen molar-refractivity contribution < 1.29 is 14.3 Å². The fraction of sp³-hybridized carbons (Fsp3) is 0.462. The van der Waals surface area contributed by atoms with Gasteiger partial charge in [0.2, 0.25) is 5.91 Å². The molecule has 0 radical (unpaired) electrons. The van der Waals surface area contributed by atoms with E-state index in [1.807, 2.05) is 25.1 Å². The molecule has 1 aromatic carbocycles. The normalized spacial score (nSPS) is 11.8. The van der Waals surface area contributed by atoms with Crippen LogP contribution >= 0.6 is 0 Å². The lowest BCUT2D eigenvalue weighted by molar-refractivity contribution is -0.119. The van der Waals surface area contributed by atoms with Gasteiger partial charge in [-0.05, 0) is 37.1 Å². The van der Waals surface area contributed by atoms with E-state index in [1.165, 1.54) is 6.92 Å². The van der Waals surface area contributed by atoms with Crippen LogP contribution in [0.3, 0.4) is 0 Å². The zero-order chi connectivity index (χ0) is 12.8. The number of nitrogens with one attached hydrogen (secondary N) is 1. The Bertz CT molecular complexity index is 390. The zero-order valence-corrected chi connectivity index (χ0v) is 10.7. The molecular weight excluding hydrogens is 218 g/mol. The third kappa shape index (κ3) is 3.98. The molecule has 17 heavy (non-hydrogen) atoms. The molecule has 1 atom stereocenters. The van der Waals surface area contributed by atoms with Crippen molar-refractivity contribution in [2.45, 2.75) is 26.3 Å². The quantitative estimate of drug-likeness (QED) is 0.849. The van der Waals surface area contributed by atoms with E-state index in [2.05, 4.69) is 5.32 Å². The molecular formula is C13H19NO3. The number of ether oxygens (including phenoxy) is 2. The summed E-state index contributed by atoms with van der Waals surface area (Å²) in [7, 11) is 3.26. The summed E-state index contributed by atoms with van der Waals surface area (Å²) in [6, 6.07) is 5.71. The van der Waals surface area contributed by atoms with Crippen LogP contribution in [0.25, 0.3) is 0 Å². The van der Waals surface area contributed by atoms with E-state index in [0.717, 1.165) is 17.1 Å². The van der Waals surface area contributed by atoms with Gasteiger partial charge in [-0.3, -0.25) is 4.79 Å². The highest BCUT2D eigenvalue weighted by Gasteiger charge is 2.10. The molecule has 0 heterocycles. The molecule has 4 heteroatoms. The van der Waals surface area contributed by atoms with Crippen molar-refractivity contribution >= 4 is 5.91 Å². The minimum absolute atomic E-state index is 0.0284. The van der Waals surface area contributed by atoms with Crippen molar-refractivity contribution in [3.8, 4) is 11.5 Å². The second-order valence-electron chi connectivity index (χ2n) is 3.98. The summed E-state index contributed by atoms with van der Waals surface area (Å²) in [4.78, 5) is 11.0. The van der Waals surface area contributed by atoms with Gasteiger partial charge in [-0.2, -0.15) is 0 Å². The third-order valence-electron chi connectivity index (χ3n) is 2.46. The first-order chi connectivity index (χ1) is 8.06. The molecule has 0 spiro atoms. The first-order valence-corrected chi connectivity index (χ1v) is 5.54. The largest absolute Gasteiger partial charge is 0.497 e. The van der Waals surface area contributed by atoms with Crippen molar-refractivity contribution in [3.63, 3.8) is 0 Å². The molecule has 0 bridgehead atoms. The molecule has 0 saturated carbocycles. The van der Waals surface area contributed by atoms with E-state index < -0.39 is 0 Å². The molecule has 0 saturated heterocycles. The summed E-state index contributed by atoms with van der Waals surface area (Å²) in [6.45, 7) is 3.47. The van der Waals surface area contributed by atoms with E-state index >= 15 is 0 Å². The highest BCUT2D eigenvalue weighted by atomic mass is 16.5. The standard InChI is InChI=1S/C13H19NO3/c1-9(14-10(2)15)7-11-8-12(16-3)5-6-13(11)17-4/h5-6,8-9H,7H2,1-4H3,(H,14,15)/t9-/m1/s1. The Labute approximate surface area is 102 Å². The van der Waals surface area contributed by atoms with Crippen molar-refractivity contribution in [3.05, 3.63) is 23.8 Å². The van der Waals surface area contributed by atoms with Gasteiger partial charge in [0.1, 0.15) is 11.5 Å². The maximum atomic E-state index is 11.0. The predicted molar refractivity (Wildman–Crippen MR) is 66.5 cm³/mol. The van der Waals surface area contributed by atoms with E-state index in [9.17, 15) is 4.79 Å². The van der Waals surface area contributed by atoms with Crippen molar-refractivity contribution in [1.82, 2.24) is 5.32 Å². The molecule has 1 rings (SSSR count). The number of methoxy groups -OCH3 is 2. The smallest absolute Gasteiger partial charge is 0.217 e. The van der Waals surface area contributed by atoms with Crippen molar-refractivity contribution in [2.75, 3.05) is 14.2 Å². The van der Waals surface area contributed by atoms with E-state index in [-0.39, 0.29) is 11.9 Å². The van der Waals surface area contributed by atoms with Crippen LogP contribution in [0.1, 0.15) is 19.4 Å². The number of hydrogen-bond donors (Lipinski definition) is 1. The number of rotatable bonds is 5. The minimum atomic E-state index is -0.0284. The average Bonchev–Trinajstić information content (AvgIpc) is 2.27. The predicted octanol–water partition coefficient (Wildman–Crippen LogP) is 1.77. The Hall–Kier alpha value is -1.71. The molecule has 0 aliphatic heterocycles. The molecule has 94 valence electrons. The Kier molecular flexibility index (Phi) is 4.82. The molecule has 1 amide bonds. The summed E-state index contributed by atoms with van der Waals surface area (Å²) in [5.74, 6) is 1.57. The van der Waals surface area contributed by atoms with Gasteiger partial charge >= 0.3 is 0 Å². The van der Waals surface area contributed by atoms with Crippen LogP contribution in [0, 0.1) is 0 Å². The highest BCUT2D eigenvalue weighted by molar-refractivity contribution is 5.73. The molecule has 0 aliphatic rings. The number of amides is 1. The van der Waals surface area contributed by atoms with Gasteiger partial charge in [-0.15, -0.1) is 0 Å². The number of carbonyl (C=O) groups is 1. The third-order valence-corrected chi connectivity index (χ3v) is 2.46. The van der Waals surface area contributed by atoms with Gasteiger partial charge in [-0.1, -0.05) is 0 Å². The van der Waals surface area contributed by atoms with Gasteiger partial charge in [-0.25, -0.2) is 0 Å². The number of carbonyl (C=O) groups excluding carboxylic acids is 1. The Morgan fingerprint density at radius 2 is 2.06 bits per heavy atom. The van der Waals surface area contributed by atoms with Gasteiger partial charge in [0.05, 0.1) is 14.2 Å². The maximum Gasteiger partial charge on any atom is 0.217 e. The van der Waals surface area contributed by atoms with Crippen LogP contribution in [-0.4, -0.2) is 26.2 Å². The van der Waals surface area contributed by atoms with Gasteiger partial charge in [0, 0.05) is 13.0 Å². The van der Waals surface area contributed by atoms with E-state index in [1.54, 1.807) is 14.2 Å². The number of hydrogen-bond acceptors (Lipinski definition) is 3. The van der Waals surface area contributed by atoms with Crippen LogP contribution in [0.2, 0.25) is 0 Å². The molecule has 0 fully saturated rings. The lowest BCUT2D eigenvalue weighted by atomic mass is 10.1. The first-order valence-electron chi connectivity index (χ1n) is 5.54. The SMILES string of the molecule is COc1ccc(OC)c(C[C@@H](C)NC(C)=O)c1. The second kappa shape index (κ2) is 6.13. The van der Waals surface area contributed by atoms with Gasteiger partial charge in [0.15, 0.2) is 0 Å². The monoisotopic (exact) mass is 237 g/mol. The van der Waals surface area contributed by atoms with E-state index in [4.69, 9.17) is 9.47 Å². The molecule has 0 aliphatic carbocycles. The summed E-state index contributed by atoms with van der Waals surface area (Å²) in [5, 5.41) is 2.84. The minimum Gasteiger partial charge on any atom is -0.497 e. The fourth-order valence-corrected chi connectivity index (χ4v) is 1.77. The molecule has 0 aromatic heterocycles. The summed E-state index contributed by atoms with van der Waals surface area (Å²) < 4.78 is 10.5. The highest BCUT2D eigenvalue weighted by Crippen LogP contribution is 2.25. The lowest BCUT2D eigenvalue weighted by Crippen LogP contribution is -2.32. The Morgan fingerprint density at radius 3 is 2.59 bits per heavy atom. The van der Waals surface area contributed by atoms with E-state index in [0.29, 0.717) is 6.42 Å². The summed E-state index contributed by atoms with van der Waals surface area (Å²) in [6.07, 6.45) is 0.708. The van der Waals surface area contributed by atoms with Crippen LogP contribution in [0.5, 0.6) is 11.5 Å². The van der Waals surface area contributed by atoms with Crippen LogP contribution in [-0.2, 0) is 11.2 Å². The zero-order valence-electron chi connectivity index (χ0n) is 10.7. The van der Waals surface area contributed by atoms with Crippen LogP contribution in [0.4, 0.5) is 0 Å². The van der Waals surface area contributed by atoms with Crippen LogP contribution in [0.15, 0.2) is 18.2 Å². The number of benzene rings is 1. The second-order valence-corrected chi connectivity index (χ2v) is 3.98. The van der Waals surface area contributed by atoms with Crippen LogP contribution < -0.4 is 14.8 Å². The first kappa shape index (κ1) is 13.4. The lowest BCUT2D eigenvalue weighted by Gasteiger charge is -2.15. The maximum absolute atomic E-state index is 11.0. The molecule has 4 nitrogen and oxygen atoms in total. The Balaban J connectivity index is 2.83.